The molecule has 1 saturated carbocycles. The van der Waals surface area contributed by atoms with Crippen molar-refractivity contribution in [1.82, 2.24) is 10.6 Å². The van der Waals surface area contributed by atoms with Gasteiger partial charge in [0.15, 0.2) is 6.04 Å². The number of carbonyl (C=O) groups is 3. The number of aryl methyl sites for hydroxylation is 1. The molecular formula is C25H26FN3O4S. The molecule has 0 radical (unpaired) electrons. The van der Waals surface area contributed by atoms with E-state index in [-0.39, 0.29) is 24.0 Å². The first-order chi connectivity index (χ1) is 16.4. The van der Waals surface area contributed by atoms with Crippen molar-refractivity contribution in [1.29, 1.82) is 0 Å². The Morgan fingerprint density at radius 2 is 1.97 bits per heavy atom. The molecule has 2 heterocycles. The summed E-state index contributed by atoms with van der Waals surface area (Å²) in [5.41, 5.74) is 0.605. The Morgan fingerprint density at radius 3 is 2.62 bits per heavy atom. The summed E-state index contributed by atoms with van der Waals surface area (Å²) in [4.78, 5) is 41.0. The molecule has 2 aromatic heterocycles. The zero-order chi connectivity index (χ0) is 24.1. The van der Waals surface area contributed by atoms with Gasteiger partial charge in [-0.05, 0) is 61.0 Å². The number of rotatable bonds is 8. The number of nitrogens with one attached hydrogen (secondary N) is 2. The first kappa shape index (κ1) is 23.7. The summed E-state index contributed by atoms with van der Waals surface area (Å²) in [5, 5.41) is 7.37. The van der Waals surface area contributed by atoms with Crippen LogP contribution in [0.15, 0.2) is 58.5 Å². The van der Waals surface area contributed by atoms with E-state index >= 15 is 0 Å². The third-order valence-electron chi connectivity index (χ3n) is 5.87. The molecule has 0 unspecified atom stereocenters. The van der Waals surface area contributed by atoms with E-state index in [0.717, 1.165) is 25.7 Å². The molecule has 1 aliphatic carbocycles. The molecule has 0 bridgehead atoms. The Bertz CT molecular complexity index is 1140. The smallest absolute Gasteiger partial charge is 0.261 e. The maximum atomic E-state index is 14.5. The van der Waals surface area contributed by atoms with Crippen molar-refractivity contribution >= 4 is 34.7 Å². The van der Waals surface area contributed by atoms with Gasteiger partial charge in [-0.1, -0.05) is 25.0 Å². The second kappa shape index (κ2) is 10.6. The van der Waals surface area contributed by atoms with Crippen molar-refractivity contribution in [2.75, 3.05) is 11.4 Å². The van der Waals surface area contributed by atoms with Crippen molar-refractivity contribution in [3.05, 3.63) is 76.1 Å². The highest BCUT2D eigenvalue weighted by molar-refractivity contribution is 7.12. The minimum Gasteiger partial charge on any atom is -0.467 e. The quantitative estimate of drug-likeness (QED) is 0.498. The molecule has 7 nitrogen and oxygen atoms in total. The number of furan rings is 1. The molecule has 1 fully saturated rings. The van der Waals surface area contributed by atoms with Gasteiger partial charge in [0.2, 0.25) is 5.91 Å². The molecule has 1 atom stereocenters. The van der Waals surface area contributed by atoms with Crippen molar-refractivity contribution < 1.29 is 23.2 Å². The predicted molar refractivity (Wildman–Crippen MR) is 127 cm³/mol. The molecular weight excluding hydrogens is 457 g/mol. The second-order valence-corrected chi connectivity index (χ2v) is 9.21. The van der Waals surface area contributed by atoms with E-state index in [2.05, 4.69) is 10.6 Å². The molecule has 1 aromatic carbocycles. The summed E-state index contributed by atoms with van der Waals surface area (Å²) < 4.78 is 20.0. The lowest BCUT2D eigenvalue weighted by Crippen LogP contribution is -2.49. The Kier molecular flexibility index (Phi) is 7.42. The first-order valence-electron chi connectivity index (χ1n) is 11.2. The Labute approximate surface area is 200 Å². The van der Waals surface area contributed by atoms with Gasteiger partial charge in [-0.2, -0.15) is 0 Å². The topological polar surface area (TPSA) is 91.7 Å². The van der Waals surface area contributed by atoms with Crippen LogP contribution in [0.4, 0.5) is 10.1 Å². The van der Waals surface area contributed by atoms with Gasteiger partial charge in [-0.25, -0.2) is 4.39 Å². The van der Waals surface area contributed by atoms with Crippen LogP contribution in [-0.4, -0.2) is 30.3 Å². The number of nitrogens with zero attached hydrogens (tertiary/aromatic N) is 1. The molecule has 0 spiro atoms. The van der Waals surface area contributed by atoms with Crippen LogP contribution in [-0.2, 0) is 9.59 Å². The number of carbonyl (C=O) groups excluding carboxylic acids is 3. The lowest BCUT2D eigenvalue weighted by Gasteiger charge is -2.31. The number of thiophene rings is 1. The van der Waals surface area contributed by atoms with Crippen LogP contribution in [0.3, 0.4) is 0 Å². The molecule has 178 valence electrons. The largest absolute Gasteiger partial charge is 0.467 e. The molecule has 0 aliphatic heterocycles. The summed E-state index contributed by atoms with van der Waals surface area (Å²) >= 11 is 1.25. The summed E-state index contributed by atoms with van der Waals surface area (Å²) in [7, 11) is 0. The SMILES string of the molecule is Cc1ccc(N(C(=O)CNC(=O)c2cccs2)[C@@H](C(=O)NC2CCCC2)c2ccco2)cc1F. The summed E-state index contributed by atoms with van der Waals surface area (Å²) in [6.07, 6.45) is 5.19. The van der Waals surface area contributed by atoms with Gasteiger partial charge in [0, 0.05) is 11.7 Å². The summed E-state index contributed by atoms with van der Waals surface area (Å²) in [6.45, 7) is 1.24. The molecule has 0 saturated heterocycles. The fraction of sp³-hybridized carbons (Fsp3) is 0.320. The van der Waals surface area contributed by atoms with Crippen LogP contribution < -0.4 is 15.5 Å². The molecule has 3 amide bonds. The van der Waals surface area contributed by atoms with E-state index in [9.17, 15) is 18.8 Å². The van der Waals surface area contributed by atoms with Crippen LogP contribution in [0, 0.1) is 12.7 Å². The van der Waals surface area contributed by atoms with Crippen LogP contribution >= 0.6 is 11.3 Å². The van der Waals surface area contributed by atoms with Gasteiger partial charge < -0.3 is 15.1 Å². The fourth-order valence-corrected chi connectivity index (χ4v) is 4.72. The number of benzene rings is 1. The lowest BCUT2D eigenvalue weighted by molar-refractivity contribution is -0.127. The number of hydrogen-bond acceptors (Lipinski definition) is 5. The van der Waals surface area contributed by atoms with E-state index in [0.29, 0.717) is 10.4 Å². The summed E-state index contributed by atoms with van der Waals surface area (Å²) in [5.74, 6) is -1.65. The van der Waals surface area contributed by atoms with E-state index in [4.69, 9.17) is 4.42 Å². The zero-order valence-corrected chi connectivity index (χ0v) is 19.6. The normalized spacial score (nSPS) is 14.5. The van der Waals surface area contributed by atoms with E-state index in [1.807, 2.05) is 0 Å². The van der Waals surface area contributed by atoms with E-state index in [1.54, 1.807) is 48.7 Å². The van der Waals surface area contributed by atoms with Crippen molar-refractivity contribution in [2.24, 2.45) is 0 Å². The number of anilines is 1. The molecule has 3 aromatic rings. The maximum Gasteiger partial charge on any atom is 0.261 e. The number of hydrogen-bond donors (Lipinski definition) is 2. The first-order valence-corrected chi connectivity index (χ1v) is 12.1. The van der Waals surface area contributed by atoms with Gasteiger partial charge in [-0.15, -0.1) is 11.3 Å². The third-order valence-corrected chi connectivity index (χ3v) is 6.74. The second-order valence-electron chi connectivity index (χ2n) is 8.27. The Hall–Kier alpha value is -3.46. The van der Waals surface area contributed by atoms with Crippen LogP contribution in [0.5, 0.6) is 0 Å². The van der Waals surface area contributed by atoms with Crippen molar-refractivity contribution in [3.63, 3.8) is 0 Å². The number of amides is 3. The van der Waals surface area contributed by atoms with Crippen LogP contribution in [0.2, 0.25) is 0 Å². The highest BCUT2D eigenvalue weighted by atomic mass is 32.1. The predicted octanol–water partition coefficient (Wildman–Crippen LogP) is 4.35. The highest BCUT2D eigenvalue weighted by Gasteiger charge is 2.36. The third kappa shape index (κ3) is 5.36. The monoisotopic (exact) mass is 483 g/mol. The van der Waals surface area contributed by atoms with Crippen LogP contribution in [0.1, 0.15) is 52.7 Å². The summed E-state index contributed by atoms with van der Waals surface area (Å²) in [6, 6.07) is 9.81. The highest BCUT2D eigenvalue weighted by Crippen LogP contribution is 2.30. The Balaban J connectivity index is 1.66. The minimum absolute atomic E-state index is 0.00944. The average Bonchev–Trinajstić information content (AvgIpc) is 3.61. The van der Waals surface area contributed by atoms with E-state index in [1.165, 1.54) is 28.6 Å². The van der Waals surface area contributed by atoms with Gasteiger partial charge in [0.05, 0.1) is 17.7 Å². The van der Waals surface area contributed by atoms with Crippen LogP contribution in [0.25, 0.3) is 0 Å². The van der Waals surface area contributed by atoms with E-state index < -0.39 is 29.6 Å². The molecule has 4 rings (SSSR count). The van der Waals surface area contributed by atoms with Gasteiger partial charge in [0.1, 0.15) is 11.6 Å². The fourth-order valence-electron chi connectivity index (χ4n) is 4.08. The van der Waals surface area contributed by atoms with Crippen molar-refractivity contribution in [2.45, 2.75) is 44.7 Å². The minimum atomic E-state index is -1.16. The average molecular weight is 484 g/mol. The number of halogens is 1. The van der Waals surface area contributed by atoms with Crippen molar-refractivity contribution in [3.8, 4) is 0 Å². The maximum absolute atomic E-state index is 14.5. The van der Waals surface area contributed by atoms with Gasteiger partial charge in [0.25, 0.3) is 11.8 Å². The Morgan fingerprint density at radius 1 is 1.18 bits per heavy atom. The van der Waals surface area contributed by atoms with Gasteiger partial charge >= 0.3 is 0 Å². The molecule has 1 aliphatic rings. The lowest BCUT2D eigenvalue weighted by atomic mass is 10.1. The van der Waals surface area contributed by atoms with Gasteiger partial charge in [-0.3, -0.25) is 19.3 Å². The zero-order valence-electron chi connectivity index (χ0n) is 18.8. The molecule has 34 heavy (non-hydrogen) atoms. The molecule has 2 N–H and O–H groups in total. The molecule has 9 heteroatoms. The standard InChI is InChI=1S/C25H26FN3O4S/c1-16-10-11-18(14-19(16)26)29(22(30)15-27-24(31)21-9-5-13-34-21)23(20-8-4-12-33-20)25(32)28-17-6-2-3-7-17/h4-5,8-14,17,23H,2-3,6-7,15H2,1H3,(H,27,31)(H,28,32)/t23-/m1/s1.